The third-order valence-corrected chi connectivity index (χ3v) is 5.70. The van der Waals surface area contributed by atoms with Crippen LogP contribution in [0, 0.1) is 17.5 Å². The van der Waals surface area contributed by atoms with E-state index >= 15 is 0 Å². The SMILES string of the molecule is CCCCCCCCCc1ccc(OC(=O)c2ccc(CCCCC)cc2F)c(F)c1F. The summed E-state index contributed by atoms with van der Waals surface area (Å²) in [6.45, 7) is 4.25. The van der Waals surface area contributed by atoms with E-state index in [2.05, 4.69) is 13.8 Å². The number of rotatable bonds is 14. The summed E-state index contributed by atoms with van der Waals surface area (Å²) >= 11 is 0. The van der Waals surface area contributed by atoms with Crippen molar-refractivity contribution in [3.05, 3.63) is 64.5 Å². The zero-order valence-electron chi connectivity index (χ0n) is 19.3. The van der Waals surface area contributed by atoms with E-state index in [4.69, 9.17) is 4.74 Å². The summed E-state index contributed by atoms with van der Waals surface area (Å²) < 4.78 is 48.2. The fourth-order valence-electron chi connectivity index (χ4n) is 3.73. The van der Waals surface area contributed by atoms with Gasteiger partial charge in [0.1, 0.15) is 5.82 Å². The van der Waals surface area contributed by atoms with Gasteiger partial charge in [-0.15, -0.1) is 0 Å². The van der Waals surface area contributed by atoms with Crippen LogP contribution in [0.3, 0.4) is 0 Å². The molecule has 2 rings (SSSR count). The summed E-state index contributed by atoms with van der Waals surface area (Å²) in [6.07, 6.45) is 11.8. The van der Waals surface area contributed by atoms with Gasteiger partial charge in [-0.2, -0.15) is 4.39 Å². The highest BCUT2D eigenvalue weighted by Gasteiger charge is 2.20. The van der Waals surface area contributed by atoms with Crippen molar-refractivity contribution < 1.29 is 22.7 Å². The van der Waals surface area contributed by atoms with Crippen LogP contribution in [0.5, 0.6) is 5.75 Å². The molecule has 0 aliphatic heterocycles. The first kappa shape index (κ1) is 26.0. The van der Waals surface area contributed by atoms with Crippen molar-refractivity contribution >= 4 is 5.97 Å². The molecule has 0 unspecified atom stereocenters. The fourth-order valence-corrected chi connectivity index (χ4v) is 3.73. The maximum atomic E-state index is 14.4. The molecule has 0 saturated carbocycles. The number of hydrogen-bond acceptors (Lipinski definition) is 2. The number of benzene rings is 2. The van der Waals surface area contributed by atoms with Gasteiger partial charge in [0.25, 0.3) is 0 Å². The highest BCUT2D eigenvalue weighted by molar-refractivity contribution is 5.91. The summed E-state index contributed by atoms with van der Waals surface area (Å²) in [5, 5.41) is 0. The Balaban J connectivity index is 1.93. The number of hydrogen-bond donors (Lipinski definition) is 0. The summed E-state index contributed by atoms with van der Waals surface area (Å²) in [5.41, 5.74) is 0.758. The average molecular weight is 449 g/mol. The normalized spacial score (nSPS) is 11.0. The Hall–Kier alpha value is -2.30. The van der Waals surface area contributed by atoms with Crippen molar-refractivity contribution in [3.8, 4) is 5.75 Å². The molecule has 32 heavy (non-hydrogen) atoms. The third-order valence-electron chi connectivity index (χ3n) is 5.70. The van der Waals surface area contributed by atoms with Gasteiger partial charge in [-0.3, -0.25) is 0 Å². The molecule has 2 aromatic rings. The molecular formula is C27H35F3O2. The van der Waals surface area contributed by atoms with Crippen LogP contribution in [0.15, 0.2) is 30.3 Å². The molecule has 0 fully saturated rings. The molecular weight excluding hydrogens is 413 g/mol. The van der Waals surface area contributed by atoms with Gasteiger partial charge in [0, 0.05) is 0 Å². The van der Waals surface area contributed by atoms with Crippen LogP contribution < -0.4 is 4.74 Å². The smallest absolute Gasteiger partial charge is 0.346 e. The van der Waals surface area contributed by atoms with E-state index in [1.807, 2.05) is 0 Å². The van der Waals surface area contributed by atoms with E-state index in [1.54, 1.807) is 6.07 Å². The van der Waals surface area contributed by atoms with Crippen molar-refractivity contribution in [2.45, 2.75) is 90.9 Å². The van der Waals surface area contributed by atoms with Gasteiger partial charge < -0.3 is 4.74 Å². The summed E-state index contributed by atoms with van der Waals surface area (Å²) in [6, 6.07) is 6.98. The van der Waals surface area contributed by atoms with Crippen LogP contribution in [0.4, 0.5) is 13.2 Å². The van der Waals surface area contributed by atoms with Gasteiger partial charge in [-0.1, -0.05) is 77.3 Å². The second-order valence-corrected chi connectivity index (χ2v) is 8.38. The molecule has 0 aliphatic carbocycles. The van der Waals surface area contributed by atoms with Gasteiger partial charge in [0.2, 0.25) is 5.82 Å². The zero-order valence-corrected chi connectivity index (χ0v) is 19.3. The molecule has 5 heteroatoms. The maximum absolute atomic E-state index is 14.4. The number of unbranched alkanes of at least 4 members (excludes halogenated alkanes) is 8. The highest BCUT2D eigenvalue weighted by atomic mass is 19.2. The van der Waals surface area contributed by atoms with Gasteiger partial charge in [0.15, 0.2) is 11.6 Å². The quantitative estimate of drug-likeness (QED) is 0.165. The Morgan fingerprint density at radius 2 is 1.38 bits per heavy atom. The Kier molecular flexibility index (Phi) is 11.3. The Morgan fingerprint density at radius 1 is 0.750 bits per heavy atom. The molecule has 0 radical (unpaired) electrons. The summed E-state index contributed by atoms with van der Waals surface area (Å²) in [5.74, 6) is -4.51. The van der Waals surface area contributed by atoms with E-state index in [1.165, 1.54) is 43.5 Å². The minimum absolute atomic E-state index is 0.262. The largest absolute Gasteiger partial charge is 0.420 e. The molecule has 0 spiro atoms. The molecule has 2 aromatic carbocycles. The molecule has 176 valence electrons. The molecule has 0 aliphatic rings. The van der Waals surface area contributed by atoms with E-state index in [0.29, 0.717) is 6.42 Å². The van der Waals surface area contributed by atoms with E-state index < -0.39 is 29.2 Å². The molecule has 0 saturated heterocycles. The topological polar surface area (TPSA) is 26.3 Å². The number of esters is 1. The lowest BCUT2D eigenvalue weighted by molar-refractivity contribution is 0.0721. The molecule has 0 N–H and O–H groups in total. The average Bonchev–Trinajstić information content (AvgIpc) is 2.78. The van der Waals surface area contributed by atoms with Crippen LogP contribution >= 0.6 is 0 Å². The Morgan fingerprint density at radius 3 is 2.06 bits per heavy atom. The highest BCUT2D eigenvalue weighted by Crippen LogP contribution is 2.25. The predicted molar refractivity (Wildman–Crippen MR) is 123 cm³/mol. The Labute approximate surface area is 190 Å². The van der Waals surface area contributed by atoms with Crippen LogP contribution in [-0.2, 0) is 12.8 Å². The lowest BCUT2D eigenvalue weighted by Gasteiger charge is -2.10. The number of carbonyl (C=O) groups is 1. The molecule has 0 heterocycles. The van der Waals surface area contributed by atoms with Gasteiger partial charge in [0.05, 0.1) is 5.56 Å². The molecule has 2 nitrogen and oxygen atoms in total. The van der Waals surface area contributed by atoms with Crippen molar-refractivity contribution in [1.29, 1.82) is 0 Å². The second kappa shape index (κ2) is 14.0. The van der Waals surface area contributed by atoms with Crippen LogP contribution in [0.2, 0.25) is 0 Å². The number of carbonyl (C=O) groups excluding carboxylic acids is 1. The van der Waals surface area contributed by atoms with E-state index in [9.17, 15) is 18.0 Å². The standard InChI is InChI=1S/C27H35F3O2/c1-3-5-7-8-9-10-12-14-21-16-18-24(26(30)25(21)29)32-27(31)22-17-15-20(19-23(22)28)13-11-6-4-2/h15-19H,3-14H2,1-2H3. The molecule has 0 amide bonds. The second-order valence-electron chi connectivity index (χ2n) is 8.38. The lowest BCUT2D eigenvalue weighted by atomic mass is 10.0. The molecule has 0 bridgehead atoms. The maximum Gasteiger partial charge on any atom is 0.346 e. The number of ether oxygens (including phenoxy) is 1. The minimum Gasteiger partial charge on any atom is -0.420 e. The number of halogens is 3. The van der Waals surface area contributed by atoms with Crippen LogP contribution in [0.1, 0.15) is 99.5 Å². The van der Waals surface area contributed by atoms with Crippen LogP contribution in [0.25, 0.3) is 0 Å². The van der Waals surface area contributed by atoms with E-state index in [0.717, 1.165) is 56.9 Å². The first-order chi connectivity index (χ1) is 15.5. The minimum atomic E-state index is -1.21. The first-order valence-electron chi connectivity index (χ1n) is 11.9. The third kappa shape index (κ3) is 7.99. The van der Waals surface area contributed by atoms with Gasteiger partial charge >= 0.3 is 5.97 Å². The lowest BCUT2D eigenvalue weighted by Crippen LogP contribution is -2.13. The van der Waals surface area contributed by atoms with Crippen molar-refractivity contribution in [2.24, 2.45) is 0 Å². The van der Waals surface area contributed by atoms with E-state index in [-0.39, 0.29) is 11.1 Å². The number of aryl methyl sites for hydroxylation is 2. The molecule has 0 aromatic heterocycles. The molecule has 0 atom stereocenters. The predicted octanol–water partition coefficient (Wildman–Crippen LogP) is 8.35. The fraction of sp³-hybridized carbons (Fsp3) is 0.519. The zero-order chi connectivity index (χ0) is 23.3. The Bertz CT molecular complexity index is 864. The van der Waals surface area contributed by atoms with Crippen LogP contribution in [-0.4, -0.2) is 5.97 Å². The van der Waals surface area contributed by atoms with Crippen molar-refractivity contribution in [1.82, 2.24) is 0 Å². The monoisotopic (exact) mass is 448 g/mol. The first-order valence-corrected chi connectivity index (χ1v) is 11.9. The summed E-state index contributed by atoms with van der Waals surface area (Å²) in [4.78, 5) is 12.3. The van der Waals surface area contributed by atoms with Crippen molar-refractivity contribution in [3.63, 3.8) is 0 Å². The van der Waals surface area contributed by atoms with Crippen molar-refractivity contribution in [2.75, 3.05) is 0 Å². The summed E-state index contributed by atoms with van der Waals surface area (Å²) in [7, 11) is 0. The van der Waals surface area contributed by atoms with Gasteiger partial charge in [-0.05, 0) is 55.0 Å². The van der Waals surface area contributed by atoms with Gasteiger partial charge in [-0.25, -0.2) is 13.6 Å².